The van der Waals surface area contributed by atoms with Crippen molar-refractivity contribution in [2.24, 2.45) is 0 Å². The fourth-order valence-corrected chi connectivity index (χ4v) is 6.41. The van der Waals surface area contributed by atoms with E-state index in [9.17, 15) is 4.79 Å². The van der Waals surface area contributed by atoms with Crippen LogP contribution < -0.4 is 25.3 Å². The number of nitrogen functional groups attached to an aromatic ring is 1. The molecule has 0 spiro atoms. The number of pyridine rings is 1. The standard InChI is InChI=1S/C32H26N4O4S2/c1-38-20-11-7-10-19(14-20)25-17-41-32(35-25)36-30(37)29-28(33)27-23(22-15-21(39-2)12-13-26(22)40-3)16-24(34-31(27)42-29)18-8-5-4-6-9-18/h4-17H,33H2,1-3H3,(H,35,36,37). The monoisotopic (exact) mass is 594 g/mol. The number of anilines is 2. The van der Waals surface area contributed by atoms with Crippen LogP contribution in [0.1, 0.15) is 9.67 Å². The number of methoxy groups -OCH3 is 3. The molecule has 42 heavy (non-hydrogen) atoms. The number of aromatic nitrogens is 2. The third-order valence-electron chi connectivity index (χ3n) is 6.76. The van der Waals surface area contributed by atoms with E-state index in [1.54, 1.807) is 21.3 Å². The predicted molar refractivity (Wildman–Crippen MR) is 170 cm³/mol. The molecule has 0 aliphatic heterocycles. The molecule has 1 amide bonds. The van der Waals surface area contributed by atoms with Crippen LogP contribution in [-0.2, 0) is 0 Å². The topological polar surface area (TPSA) is 109 Å². The van der Waals surface area contributed by atoms with E-state index >= 15 is 0 Å². The second-order valence-corrected chi connectivity index (χ2v) is 11.1. The van der Waals surface area contributed by atoms with Crippen LogP contribution in [0.3, 0.4) is 0 Å². The summed E-state index contributed by atoms with van der Waals surface area (Å²) in [6, 6.07) is 25.0. The first kappa shape index (κ1) is 27.3. The summed E-state index contributed by atoms with van der Waals surface area (Å²) in [6.45, 7) is 0. The zero-order valence-corrected chi connectivity index (χ0v) is 24.6. The van der Waals surface area contributed by atoms with Gasteiger partial charge in [-0.3, -0.25) is 10.1 Å². The van der Waals surface area contributed by atoms with Gasteiger partial charge in [-0.2, -0.15) is 0 Å². The third-order valence-corrected chi connectivity index (χ3v) is 8.62. The van der Waals surface area contributed by atoms with Gasteiger partial charge in [0.05, 0.1) is 38.4 Å². The lowest BCUT2D eigenvalue weighted by molar-refractivity contribution is 0.103. The largest absolute Gasteiger partial charge is 0.497 e. The molecule has 6 aromatic rings. The number of nitrogens with one attached hydrogen (secondary N) is 1. The van der Waals surface area contributed by atoms with Crippen molar-refractivity contribution in [2.45, 2.75) is 0 Å². The molecular formula is C32H26N4O4S2. The number of fused-ring (bicyclic) bond motifs is 1. The number of benzene rings is 3. The van der Waals surface area contributed by atoms with Crippen molar-refractivity contribution in [1.29, 1.82) is 0 Å². The molecule has 3 N–H and O–H groups in total. The number of ether oxygens (including phenoxy) is 3. The van der Waals surface area contributed by atoms with Crippen LogP contribution in [0.15, 0.2) is 84.2 Å². The second kappa shape index (κ2) is 11.5. The molecule has 0 aliphatic rings. The van der Waals surface area contributed by atoms with E-state index in [2.05, 4.69) is 10.3 Å². The highest BCUT2D eigenvalue weighted by Crippen LogP contribution is 2.45. The minimum Gasteiger partial charge on any atom is -0.497 e. The van der Waals surface area contributed by atoms with Gasteiger partial charge in [-0.25, -0.2) is 9.97 Å². The molecular weight excluding hydrogens is 569 g/mol. The molecule has 0 atom stereocenters. The first-order valence-corrected chi connectivity index (χ1v) is 14.6. The van der Waals surface area contributed by atoms with E-state index in [0.29, 0.717) is 37.4 Å². The van der Waals surface area contributed by atoms with E-state index in [1.165, 1.54) is 22.7 Å². The van der Waals surface area contributed by atoms with Crippen molar-refractivity contribution < 1.29 is 19.0 Å². The van der Waals surface area contributed by atoms with Gasteiger partial charge in [0.25, 0.3) is 5.91 Å². The number of hydrogen-bond acceptors (Lipinski definition) is 9. The molecule has 10 heteroatoms. The SMILES string of the molecule is COc1cccc(-c2csc(NC(=O)c3sc4nc(-c5ccccc5)cc(-c5cc(OC)ccc5OC)c4c3N)n2)c1. The number of thiophene rings is 1. The first-order chi connectivity index (χ1) is 20.5. The lowest BCUT2D eigenvalue weighted by atomic mass is 9.98. The van der Waals surface area contributed by atoms with Crippen molar-refractivity contribution in [2.75, 3.05) is 32.4 Å². The molecule has 8 nitrogen and oxygen atoms in total. The Balaban J connectivity index is 1.43. The Kier molecular flexibility index (Phi) is 7.47. The normalized spacial score (nSPS) is 10.9. The number of thiazole rings is 1. The van der Waals surface area contributed by atoms with E-state index in [4.69, 9.17) is 24.9 Å². The van der Waals surface area contributed by atoms with Gasteiger partial charge in [0.2, 0.25) is 0 Å². The van der Waals surface area contributed by atoms with Crippen molar-refractivity contribution in [3.63, 3.8) is 0 Å². The molecule has 6 rings (SSSR count). The van der Waals surface area contributed by atoms with E-state index < -0.39 is 0 Å². The van der Waals surface area contributed by atoms with Gasteiger partial charge in [-0.1, -0.05) is 42.5 Å². The van der Waals surface area contributed by atoms with Crippen molar-refractivity contribution in [3.05, 3.63) is 89.1 Å². The number of hydrogen-bond donors (Lipinski definition) is 2. The van der Waals surface area contributed by atoms with Gasteiger partial charge in [0, 0.05) is 33.0 Å². The van der Waals surface area contributed by atoms with E-state index in [1.807, 2.05) is 84.2 Å². The predicted octanol–water partition coefficient (Wildman–Crippen LogP) is 7.61. The fraction of sp³-hybridized carbons (Fsp3) is 0.0938. The molecule has 0 saturated carbocycles. The molecule has 0 radical (unpaired) electrons. The van der Waals surface area contributed by atoms with Crippen LogP contribution in [0.5, 0.6) is 17.2 Å². The van der Waals surface area contributed by atoms with Crippen LogP contribution >= 0.6 is 22.7 Å². The summed E-state index contributed by atoms with van der Waals surface area (Å²) < 4.78 is 16.6. The molecule has 0 aliphatic carbocycles. The van der Waals surface area contributed by atoms with Crippen molar-refractivity contribution >= 4 is 49.6 Å². The fourth-order valence-electron chi connectivity index (χ4n) is 4.68. The van der Waals surface area contributed by atoms with Crippen LogP contribution in [0.25, 0.3) is 43.9 Å². The molecule has 3 aromatic carbocycles. The number of nitrogens with two attached hydrogens (primary N) is 1. The molecule has 210 valence electrons. The van der Waals surface area contributed by atoms with E-state index in [0.717, 1.165) is 39.4 Å². The molecule has 0 bridgehead atoms. The summed E-state index contributed by atoms with van der Waals surface area (Å²) in [4.78, 5) is 24.1. The van der Waals surface area contributed by atoms with Crippen LogP contribution in [0.2, 0.25) is 0 Å². The Morgan fingerprint density at radius 3 is 2.31 bits per heavy atom. The lowest BCUT2D eigenvalue weighted by Gasteiger charge is -2.13. The minimum atomic E-state index is -0.355. The number of nitrogens with zero attached hydrogens (tertiary/aromatic N) is 2. The summed E-state index contributed by atoms with van der Waals surface area (Å²) in [7, 11) is 4.85. The van der Waals surface area contributed by atoms with Crippen LogP contribution in [-0.4, -0.2) is 37.2 Å². The summed E-state index contributed by atoms with van der Waals surface area (Å²) in [5.41, 5.74) is 11.9. The minimum absolute atomic E-state index is 0.337. The molecule has 3 aromatic heterocycles. The Morgan fingerprint density at radius 1 is 0.786 bits per heavy atom. The van der Waals surface area contributed by atoms with E-state index in [-0.39, 0.29) is 5.91 Å². The van der Waals surface area contributed by atoms with Gasteiger partial charge in [0.1, 0.15) is 27.0 Å². The highest BCUT2D eigenvalue weighted by Gasteiger charge is 2.24. The average molecular weight is 595 g/mol. The number of carbonyl (C=O) groups excluding carboxylic acids is 1. The maximum Gasteiger partial charge on any atom is 0.269 e. The summed E-state index contributed by atoms with van der Waals surface area (Å²) in [6.07, 6.45) is 0. The van der Waals surface area contributed by atoms with Crippen LogP contribution in [0.4, 0.5) is 10.8 Å². The quantitative estimate of drug-likeness (QED) is 0.187. The summed E-state index contributed by atoms with van der Waals surface area (Å²) in [5, 5.41) is 5.94. The summed E-state index contributed by atoms with van der Waals surface area (Å²) >= 11 is 2.58. The van der Waals surface area contributed by atoms with Gasteiger partial charge < -0.3 is 19.9 Å². The lowest BCUT2D eigenvalue weighted by Crippen LogP contribution is -2.11. The van der Waals surface area contributed by atoms with Gasteiger partial charge >= 0.3 is 0 Å². The summed E-state index contributed by atoms with van der Waals surface area (Å²) in [5.74, 6) is 1.69. The highest BCUT2D eigenvalue weighted by atomic mass is 32.1. The molecule has 0 fully saturated rings. The van der Waals surface area contributed by atoms with Gasteiger partial charge in [0.15, 0.2) is 5.13 Å². The third kappa shape index (κ3) is 5.13. The van der Waals surface area contributed by atoms with Crippen LogP contribution in [0, 0.1) is 0 Å². The number of rotatable bonds is 8. The Morgan fingerprint density at radius 2 is 1.55 bits per heavy atom. The molecule has 0 saturated heterocycles. The first-order valence-electron chi connectivity index (χ1n) is 12.9. The zero-order chi connectivity index (χ0) is 29.2. The smallest absolute Gasteiger partial charge is 0.269 e. The zero-order valence-electron chi connectivity index (χ0n) is 23.0. The highest BCUT2D eigenvalue weighted by molar-refractivity contribution is 7.21. The van der Waals surface area contributed by atoms with Crippen molar-refractivity contribution in [1.82, 2.24) is 9.97 Å². The van der Waals surface area contributed by atoms with Crippen molar-refractivity contribution in [3.8, 4) is 50.9 Å². The maximum absolute atomic E-state index is 13.6. The Hall–Kier alpha value is -4.93. The van der Waals surface area contributed by atoms with Gasteiger partial charge in [-0.05, 0) is 36.4 Å². The number of carbonyl (C=O) groups is 1. The number of amides is 1. The average Bonchev–Trinajstić information content (AvgIpc) is 3.65. The van der Waals surface area contributed by atoms with Gasteiger partial charge in [-0.15, -0.1) is 22.7 Å². The Labute approximate surface area is 250 Å². The molecule has 0 unspecified atom stereocenters. The Bertz CT molecular complexity index is 1920. The molecule has 3 heterocycles. The maximum atomic E-state index is 13.6. The second-order valence-electron chi connectivity index (χ2n) is 9.24.